The Morgan fingerprint density at radius 3 is 2.83 bits per heavy atom. The lowest BCUT2D eigenvalue weighted by atomic mass is 9.91. The molecule has 2 amide bonds. The zero-order valence-electron chi connectivity index (χ0n) is 16.9. The van der Waals surface area contributed by atoms with Crippen LogP contribution in [0.4, 0.5) is 0 Å². The molecule has 2 saturated heterocycles. The smallest absolute Gasteiger partial charge is 0.243 e. The minimum atomic E-state index is -0.380. The SMILES string of the molecule is C[C@]12CCC(=O)N1[C@@H](C(=O)NC[C@H](c1ccccc1)c1c[nH]c3ccccc13)CS2. The van der Waals surface area contributed by atoms with E-state index in [0.717, 1.165) is 17.5 Å². The van der Waals surface area contributed by atoms with Crippen molar-refractivity contribution in [1.29, 1.82) is 0 Å². The van der Waals surface area contributed by atoms with E-state index in [1.807, 2.05) is 41.4 Å². The van der Waals surface area contributed by atoms with E-state index < -0.39 is 0 Å². The summed E-state index contributed by atoms with van der Waals surface area (Å²) < 4.78 is 0. The third-order valence-corrected chi connectivity index (χ3v) is 7.93. The van der Waals surface area contributed by atoms with Crippen molar-refractivity contribution in [3.63, 3.8) is 0 Å². The van der Waals surface area contributed by atoms with E-state index in [2.05, 4.69) is 41.5 Å². The molecule has 0 unspecified atom stereocenters. The first-order valence-corrected chi connectivity index (χ1v) is 11.4. The normalized spacial score (nSPS) is 24.2. The van der Waals surface area contributed by atoms with Crippen molar-refractivity contribution in [3.05, 3.63) is 71.9 Å². The van der Waals surface area contributed by atoms with Gasteiger partial charge in [-0.2, -0.15) is 0 Å². The van der Waals surface area contributed by atoms with Crippen molar-refractivity contribution in [2.24, 2.45) is 0 Å². The van der Waals surface area contributed by atoms with Crippen LogP contribution in [0.3, 0.4) is 0 Å². The van der Waals surface area contributed by atoms with E-state index >= 15 is 0 Å². The second-order valence-corrected chi connectivity index (χ2v) is 9.77. The predicted molar refractivity (Wildman–Crippen MR) is 120 cm³/mol. The third kappa shape index (κ3) is 3.19. The number of benzene rings is 2. The number of H-pyrrole nitrogens is 1. The molecule has 5 nitrogen and oxygen atoms in total. The Labute approximate surface area is 180 Å². The van der Waals surface area contributed by atoms with Crippen LogP contribution in [0.5, 0.6) is 0 Å². The Kier molecular flexibility index (Phi) is 4.82. The van der Waals surface area contributed by atoms with Crippen molar-refractivity contribution in [3.8, 4) is 0 Å². The van der Waals surface area contributed by atoms with Gasteiger partial charge in [-0.3, -0.25) is 9.59 Å². The first-order valence-electron chi connectivity index (χ1n) is 10.4. The van der Waals surface area contributed by atoms with Crippen LogP contribution in [0.2, 0.25) is 0 Å². The Morgan fingerprint density at radius 2 is 2.00 bits per heavy atom. The molecule has 2 aromatic carbocycles. The molecule has 0 spiro atoms. The summed E-state index contributed by atoms with van der Waals surface area (Å²) in [6.07, 6.45) is 3.40. The molecule has 3 atom stereocenters. The average molecular weight is 420 g/mol. The van der Waals surface area contributed by atoms with Gasteiger partial charge >= 0.3 is 0 Å². The monoisotopic (exact) mass is 419 g/mol. The van der Waals surface area contributed by atoms with Crippen molar-refractivity contribution < 1.29 is 9.59 Å². The number of hydrogen-bond acceptors (Lipinski definition) is 3. The summed E-state index contributed by atoms with van der Waals surface area (Å²) in [5.41, 5.74) is 3.41. The quantitative estimate of drug-likeness (QED) is 0.660. The number of nitrogens with zero attached hydrogens (tertiary/aromatic N) is 1. The van der Waals surface area contributed by atoms with E-state index in [-0.39, 0.29) is 28.6 Å². The lowest BCUT2D eigenvalue weighted by molar-refractivity contribution is -0.137. The van der Waals surface area contributed by atoms with Gasteiger partial charge in [0.15, 0.2) is 0 Å². The highest BCUT2D eigenvalue weighted by Crippen LogP contribution is 2.47. The van der Waals surface area contributed by atoms with Crippen molar-refractivity contribution in [2.75, 3.05) is 12.3 Å². The third-order valence-electron chi connectivity index (χ3n) is 6.43. The fourth-order valence-corrected chi connectivity index (χ4v) is 6.24. The minimum Gasteiger partial charge on any atom is -0.361 e. The molecule has 1 aromatic heterocycles. The number of hydrogen-bond donors (Lipinski definition) is 2. The van der Waals surface area contributed by atoms with Crippen LogP contribution in [0, 0.1) is 0 Å². The van der Waals surface area contributed by atoms with Crippen LogP contribution in [0.1, 0.15) is 36.8 Å². The molecular weight excluding hydrogens is 394 g/mol. The first-order chi connectivity index (χ1) is 14.6. The molecule has 0 aliphatic carbocycles. The molecule has 0 radical (unpaired) electrons. The van der Waals surface area contributed by atoms with Gasteiger partial charge in [0.1, 0.15) is 6.04 Å². The molecule has 2 fully saturated rings. The highest BCUT2D eigenvalue weighted by molar-refractivity contribution is 8.01. The maximum Gasteiger partial charge on any atom is 0.243 e. The number of aromatic amines is 1. The molecule has 3 heterocycles. The maximum atomic E-state index is 13.1. The maximum absolute atomic E-state index is 13.1. The Balaban J connectivity index is 1.40. The molecule has 154 valence electrons. The summed E-state index contributed by atoms with van der Waals surface area (Å²) in [7, 11) is 0. The Morgan fingerprint density at radius 1 is 1.23 bits per heavy atom. The van der Waals surface area contributed by atoms with E-state index in [4.69, 9.17) is 0 Å². The molecule has 2 aliphatic rings. The molecule has 5 rings (SSSR count). The number of carbonyl (C=O) groups excluding carboxylic acids is 2. The second kappa shape index (κ2) is 7.51. The number of rotatable bonds is 5. The number of amides is 2. The van der Waals surface area contributed by atoms with Crippen molar-refractivity contribution in [2.45, 2.75) is 36.6 Å². The van der Waals surface area contributed by atoms with Crippen LogP contribution < -0.4 is 5.32 Å². The van der Waals surface area contributed by atoms with Crippen molar-refractivity contribution >= 4 is 34.5 Å². The van der Waals surface area contributed by atoms with Crippen LogP contribution in [-0.2, 0) is 9.59 Å². The number of thioether (sulfide) groups is 1. The standard InChI is InChI=1S/C24H25N3O2S/c1-24-12-11-22(28)27(24)21(15-30-24)23(29)26-13-18(16-7-3-2-4-8-16)19-14-25-20-10-6-5-9-17(19)20/h2-10,14,18,21,25H,11-13,15H2,1H3,(H,26,29)/t18-,21-,24+/m1/s1. The van der Waals surface area contributed by atoms with Gasteiger partial charge in [-0.1, -0.05) is 48.5 Å². The number of fused-ring (bicyclic) bond motifs is 2. The van der Waals surface area contributed by atoms with Gasteiger partial charge in [0.05, 0.1) is 4.87 Å². The number of aromatic nitrogens is 1. The predicted octanol–water partition coefficient (Wildman–Crippen LogP) is 3.87. The molecule has 0 bridgehead atoms. The van der Waals surface area contributed by atoms with Gasteiger partial charge in [0, 0.05) is 41.7 Å². The van der Waals surface area contributed by atoms with Gasteiger partial charge in [0.25, 0.3) is 0 Å². The highest BCUT2D eigenvalue weighted by atomic mass is 32.2. The van der Waals surface area contributed by atoms with Crippen LogP contribution >= 0.6 is 11.8 Å². The van der Waals surface area contributed by atoms with Gasteiger partial charge in [0.2, 0.25) is 11.8 Å². The molecule has 6 heteroatoms. The lowest BCUT2D eigenvalue weighted by Crippen LogP contribution is -2.50. The van der Waals surface area contributed by atoms with Gasteiger partial charge in [-0.05, 0) is 30.5 Å². The second-order valence-electron chi connectivity index (χ2n) is 8.26. The molecule has 30 heavy (non-hydrogen) atoms. The Bertz CT molecular complexity index is 1100. The fraction of sp³-hybridized carbons (Fsp3) is 0.333. The summed E-state index contributed by atoms with van der Waals surface area (Å²) in [5.74, 6) is 0.735. The summed E-state index contributed by atoms with van der Waals surface area (Å²) in [6.45, 7) is 2.57. The lowest BCUT2D eigenvalue weighted by Gasteiger charge is -2.30. The van der Waals surface area contributed by atoms with Crippen LogP contribution in [0.25, 0.3) is 10.9 Å². The number of carbonyl (C=O) groups is 2. The Hall–Kier alpha value is -2.73. The first kappa shape index (κ1) is 19.2. The minimum absolute atomic E-state index is 0.0287. The number of para-hydroxylation sites is 1. The highest BCUT2D eigenvalue weighted by Gasteiger charge is 2.52. The van der Waals surface area contributed by atoms with Gasteiger partial charge in [-0.15, -0.1) is 11.8 Å². The summed E-state index contributed by atoms with van der Waals surface area (Å²) in [5, 5.41) is 4.33. The topological polar surface area (TPSA) is 65.2 Å². The molecule has 3 aromatic rings. The van der Waals surface area contributed by atoms with Crippen LogP contribution in [-0.4, -0.2) is 44.9 Å². The van der Waals surface area contributed by atoms with E-state index in [9.17, 15) is 9.59 Å². The summed E-state index contributed by atoms with van der Waals surface area (Å²) in [4.78, 5) is 30.5. The zero-order valence-corrected chi connectivity index (χ0v) is 17.7. The van der Waals surface area contributed by atoms with Gasteiger partial charge < -0.3 is 15.2 Å². The number of nitrogens with one attached hydrogen (secondary N) is 2. The van der Waals surface area contributed by atoms with Crippen LogP contribution in [0.15, 0.2) is 60.8 Å². The largest absolute Gasteiger partial charge is 0.361 e. The van der Waals surface area contributed by atoms with Crippen molar-refractivity contribution in [1.82, 2.24) is 15.2 Å². The summed E-state index contributed by atoms with van der Waals surface area (Å²) >= 11 is 1.72. The molecular formula is C24H25N3O2S. The fourth-order valence-electron chi connectivity index (χ4n) is 4.81. The summed E-state index contributed by atoms with van der Waals surface area (Å²) in [6, 6.07) is 18.1. The van der Waals surface area contributed by atoms with E-state index in [0.29, 0.717) is 18.7 Å². The zero-order chi connectivity index (χ0) is 20.7. The van der Waals surface area contributed by atoms with Gasteiger partial charge in [-0.25, -0.2) is 0 Å². The van der Waals surface area contributed by atoms with E-state index in [1.165, 1.54) is 10.9 Å². The average Bonchev–Trinajstić information content (AvgIpc) is 3.42. The molecule has 2 aliphatic heterocycles. The molecule has 0 saturated carbocycles. The molecule has 2 N–H and O–H groups in total. The van der Waals surface area contributed by atoms with E-state index in [1.54, 1.807) is 11.8 Å².